The van der Waals surface area contributed by atoms with E-state index in [1.165, 1.54) is 12.1 Å². The van der Waals surface area contributed by atoms with Gasteiger partial charge in [-0.2, -0.15) is 13.2 Å². The third-order valence-corrected chi connectivity index (χ3v) is 4.54. The number of nitrogens with one attached hydrogen (secondary N) is 1. The van der Waals surface area contributed by atoms with Gasteiger partial charge in [0.05, 0.1) is 5.56 Å². The van der Waals surface area contributed by atoms with Gasteiger partial charge in [0.2, 0.25) is 0 Å². The van der Waals surface area contributed by atoms with Crippen LogP contribution in [0.5, 0.6) is 0 Å². The fourth-order valence-electron chi connectivity index (χ4n) is 3.28. The molecule has 2 aromatic rings. The highest BCUT2D eigenvalue weighted by molar-refractivity contribution is 5.94. The van der Waals surface area contributed by atoms with Gasteiger partial charge in [-0.1, -0.05) is 36.4 Å². The molecule has 3 rings (SSSR count). The van der Waals surface area contributed by atoms with Crippen LogP contribution in [0.4, 0.5) is 13.2 Å². The Bertz CT molecular complexity index is 746. The average molecular weight is 362 g/mol. The summed E-state index contributed by atoms with van der Waals surface area (Å²) in [6.07, 6.45) is -2.56. The molecule has 0 aliphatic carbocycles. The van der Waals surface area contributed by atoms with Crippen LogP contribution in [0.3, 0.4) is 0 Å². The second-order valence-corrected chi connectivity index (χ2v) is 6.61. The minimum Gasteiger partial charge on any atom is -0.348 e. The lowest BCUT2D eigenvalue weighted by Gasteiger charge is -2.33. The van der Waals surface area contributed by atoms with E-state index in [0.29, 0.717) is 24.2 Å². The number of likely N-dealkylation sites (tertiary alicyclic amines) is 1. The summed E-state index contributed by atoms with van der Waals surface area (Å²) in [5, 5.41) is 3.03. The fourth-order valence-corrected chi connectivity index (χ4v) is 3.28. The molecule has 1 aliphatic heterocycles. The molecule has 1 saturated heterocycles. The Hall–Kier alpha value is -2.34. The summed E-state index contributed by atoms with van der Waals surface area (Å²) in [4.78, 5) is 14.4. The molecule has 1 N–H and O–H groups in total. The van der Waals surface area contributed by atoms with Crippen LogP contribution in [0.1, 0.15) is 34.3 Å². The maximum atomic E-state index is 12.9. The minimum atomic E-state index is -4.33. The monoisotopic (exact) mass is 362 g/mol. The molecule has 0 radical (unpaired) electrons. The molecule has 1 aliphatic rings. The number of piperidine rings is 1. The lowest BCUT2D eigenvalue weighted by atomic mass is 10.0. The first-order valence-electron chi connectivity index (χ1n) is 8.66. The van der Waals surface area contributed by atoms with Gasteiger partial charge in [-0.05, 0) is 43.1 Å². The first-order valence-corrected chi connectivity index (χ1v) is 8.66. The molecule has 6 heteroatoms. The van der Waals surface area contributed by atoms with Crippen LogP contribution in [-0.2, 0) is 12.7 Å². The molecule has 2 aromatic carbocycles. The van der Waals surface area contributed by atoms with E-state index in [-0.39, 0.29) is 11.9 Å². The molecule has 1 atom stereocenters. The third kappa shape index (κ3) is 4.85. The predicted molar refractivity (Wildman–Crippen MR) is 93.7 cm³/mol. The molecule has 1 amide bonds. The van der Waals surface area contributed by atoms with Crippen LogP contribution >= 0.6 is 0 Å². The number of hydrogen-bond donors (Lipinski definition) is 1. The molecule has 0 aromatic heterocycles. The van der Waals surface area contributed by atoms with Crippen LogP contribution in [0.15, 0.2) is 54.6 Å². The number of amides is 1. The van der Waals surface area contributed by atoms with Gasteiger partial charge in [-0.3, -0.25) is 9.69 Å². The molecule has 1 fully saturated rings. The number of benzene rings is 2. The van der Waals surface area contributed by atoms with E-state index in [1.54, 1.807) is 18.2 Å². The van der Waals surface area contributed by atoms with Gasteiger partial charge in [0, 0.05) is 24.7 Å². The van der Waals surface area contributed by atoms with Crippen LogP contribution < -0.4 is 5.32 Å². The quantitative estimate of drug-likeness (QED) is 0.888. The molecular formula is C20H21F3N2O. The summed E-state index contributed by atoms with van der Waals surface area (Å²) in [6.45, 7) is 1.89. The van der Waals surface area contributed by atoms with E-state index in [4.69, 9.17) is 0 Å². The van der Waals surface area contributed by atoms with Crippen molar-refractivity contribution in [2.45, 2.75) is 31.6 Å². The number of halogens is 3. The second-order valence-electron chi connectivity index (χ2n) is 6.61. The van der Waals surface area contributed by atoms with Crippen LogP contribution in [-0.4, -0.2) is 29.9 Å². The van der Waals surface area contributed by atoms with E-state index >= 15 is 0 Å². The summed E-state index contributed by atoms with van der Waals surface area (Å²) >= 11 is 0. The number of hydrogen-bond acceptors (Lipinski definition) is 2. The van der Waals surface area contributed by atoms with Crippen molar-refractivity contribution in [1.29, 1.82) is 0 Å². The highest BCUT2D eigenvalue weighted by Gasteiger charge is 2.30. The Labute approximate surface area is 150 Å². The Balaban J connectivity index is 1.60. The zero-order valence-corrected chi connectivity index (χ0v) is 14.3. The molecule has 0 unspecified atom stereocenters. The zero-order valence-electron chi connectivity index (χ0n) is 14.3. The van der Waals surface area contributed by atoms with Crippen molar-refractivity contribution >= 4 is 5.91 Å². The summed E-state index contributed by atoms with van der Waals surface area (Å²) < 4.78 is 38.6. The Morgan fingerprint density at radius 1 is 1.12 bits per heavy atom. The average Bonchev–Trinajstić information content (AvgIpc) is 2.62. The van der Waals surface area contributed by atoms with Gasteiger partial charge < -0.3 is 5.32 Å². The van der Waals surface area contributed by atoms with E-state index in [9.17, 15) is 18.0 Å². The largest absolute Gasteiger partial charge is 0.416 e. The number of nitrogens with zero attached hydrogens (tertiary/aromatic N) is 1. The fraction of sp³-hybridized carbons (Fsp3) is 0.350. The van der Waals surface area contributed by atoms with E-state index < -0.39 is 11.7 Å². The van der Waals surface area contributed by atoms with E-state index in [1.807, 2.05) is 18.2 Å². The molecule has 138 valence electrons. The van der Waals surface area contributed by atoms with Gasteiger partial charge in [0.25, 0.3) is 5.91 Å². The molecule has 1 heterocycles. The van der Waals surface area contributed by atoms with Crippen molar-refractivity contribution in [3.05, 3.63) is 71.3 Å². The summed E-state index contributed by atoms with van der Waals surface area (Å²) in [5.41, 5.74) is 0.623. The van der Waals surface area contributed by atoms with Gasteiger partial charge in [0.1, 0.15) is 0 Å². The normalized spacial score (nSPS) is 18.5. The van der Waals surface area contributed by atoms with Crippen molar-refractivity contribution in [2.24, 2.45) is 0 Å². The second kappa shape index (κ2) is 7.91. The lowest BCUT2D eigenvalue weighted by Crippen LogP contribution is -2.47. The number of alkyl halides is 3. The standard InChI is InChI=1S/C20H21F3N2O/c21-20(22,23)17-9-4-6-15(12-17)13-25-11-5-10-18(14-25)24-19(26)16-7-2-1-3-8-16/h1-4,6-9,12,18H,5,10-11,13-14H2,(H,24,26)/t18-/m0/s1. The smallest absolute Gasteiger partial charge is 0.348 e. The van der Waals surface area contributed by atoms with Crippen molar-refractivity contribution in [1.82, 2.24) is 10.2 Å². The lowest BCUT2D eigenvalue weighted by molar-refractivity contribution is -0.137. The van der Waals surface area contributed by atoms with Gasteiger partial charge >= 0.3 is 6.18 Å². The SMILES string of the molecule is O=C(N[C@H]1CCCN(Cc2cccc(C(F)(F)F)c2)C1)c1ccccc1. The molecule has 0 spiro atoms. The van der Waals surface area contributed by atoms with Crippen molar-refractivity contribution in [3.8, 4) is 0 Å². The van der Waals surface area contributed by atoms with Crippen LogP contribution in [0.2, 0.25) is 0 Å². The Kier molecular flexibility index (Phi) is 5.61. The molecule has 0 bridgehead atoms. The highest BCUT2D eigenvalue weighted by Crippen LogP contribution is 2.30. The first-order chi connectivity index (χ1) is 12.4. The molecular weight excluding hydrogens is 341 g/mol. The number of carbonyl (C=O) groups is 1. The number of rotatable bonds is 4. The highest BCUT2D eigenvalue weighted by atomic mass is 19.4. The molecule has 3 nitrogen and oxygen atoms in total. The topological polar surface area (TPSA) is 32.3 Å². The zero-order chi connectivity index (χ0) is 18.6. The van der Waals surface area contributed by atoms with Crippen LogP contribution in [0.25, 0.3) is 0 Å². The Morgan fingerprint density at radius 3 is 2.62 bits per heavy atom. The van der Waals surface area contributed by atoms with Gasteiger partial charge in [-0.15, -0.1) is 0 Å². The molecule has 0 saturated carbocycles. The predicted octanol–water partition coefficient (Wildman–Crippen LogP) is 4.10. The number of carbonyl (C=O) groups excluding carboxylic acids is 1. The van der Waals surface area contributed by atoms with Crippen LogP contribution in [0, 0.1) is 0 Å². The third-order valence-electron chi connectivity index (χ3n) is 4.54. The Morgan fingerprint density at radius 2 is 1.88 bits per heavy atom. The first kappa shape index (κ1) is 18.5. The summed E-state index contributed by atoms with van der Waals surface area (Å²) in [7, 11) is 0. The minimum absolute atomic E-state index is 0.00209. The molecule has 26 heavy (non-hydrogen) atoms. The summed E-state index contributed by atoms with van der Waals surface area (Å²) in [5.74, 6) is -0.114. The van der Waals surface area contributed by atoms with Crippen molar-refractivity contribution < 1.29 is 18.0 Å². The van der Waals surface area contributed by atoms with Gasteiger partial charge in [0.15, 0.2) is 0 Å². The maximum Gasteiger partial charge on any atom is 0.416 e. The van der Waals surface area contributed by atoms with E-state index in [2.05, 4.69) is 10.2 Å². The van der Waals surface area contributed by atoms with Crippen molar-refractivity contribution in [2.75, 3.05) is 13.1 Å². The van der Waals surface area contributed by atoms with E-state index in [0.717, 1.165) is 25.5 Å². The van der Waals surface area contributed by atoms with Crippen molar-refractivity contribution in [3.63, 3.8) is 0 Å². The summed E-state index contributed by atoms with van der Waals surface area (Å²) in [6, 6.07) is 14.5. The maximum absolute atomic E-state index is 12.9. The van der Waals surface area contributed by atoms with Gasteiger partial charge in [-0.25, -0.2) is 0 Å².